The van der Waals surface area contributed by atoms with Crippen molar-refractivity contribution in [3.63, 3.8) is 0 Å². The van der Waals surface area contributed by atoms with E-state index < -0.39 is 0 Å². The molecule has 0 aromatic heterocycles. The third-order valence-electron chi connectivity index (χ3n) is 2.63. The maximum absolute atomic E-state index is 9.61. The van der Waals surface area contributed by atoms with Crippen LogP contribution in [0.2, 0.25) is 0 Å². The summed E-state index contributed by atoms with van der Waals surface area (Å²) in [6, 6.07) is 13.3. The molecule has 0 fully saturated rings. The monoisotopic (exact) mass is 225 g/mol. The smallest absolute Gasteiger partial charge is 0.124 e. The van der Waals surface area contributed by atoms with Crippen molar-refractivity contribution in [1.29, 1.82) is 0 Å². The first-order valence-corrected chi connectivity index (χ1v) is 5.56. The molecule has 0 amide bonds. The van der Waals surface area contributed by atoms with Gasteiger partial charge in [0.1, 0.15) is 5.75 Å². The van der Waals surface area contributed by atoms with E-state index in [0.717, 1.165) is 16.8 Å². The predicted octanol–water partition coefficient (Wildman–Crippen LogP) is 3.76. The molecule has 2 nitrogen and oxygen atoms in total. The van der Waals surface area contributed by atoms with Gasteiger partial charge in [-0.3, -0.25) is 4.99 Å². The molecule has 0 radical (unpaired) electrons. The van der Waals surface area contributed by atoms with Gasteiger partial charge in [-0.25, -0.2) is 0 Å². The third-order valence-corrected chi connectivity index (χ3v) is 2.63. The van der Waals surface area contributed by atoms with E-state index in [4.69, 9.17) is 0 Å². The number of nitrogens with zero attached hydrogens (tertiary/aromatic N) is 1. The molecule has 2 aromatic carbocycles. The minimum Gasteiger partial charge on any atom is -0.507 e. The summed E-state index contributed by atoms with van der Waals surface area (Å²) in [5.41, 5.74) is 4.02. The fourth-order valence-electron chi connectivity index (χ4n) is 1.69. The highest BCUT2D eigenvalue weighted by atomic mass is 16.3. The van der Waals surface area contributed by atoms with E-state index in [1.165, 1.54) is 5.56 Å². The summed E-state index contributed by atoms with van der Waals surface area (Å²) >= 11 is 0. The molecule has 0 unspecified atom stereocenters. The average molecular weight is 225 g/mol. The lowest BCUT2D eigenvalue weighted by Gasteiger charge is -2.01. The summed E-state index contributed by atoms with van der Waals surface area (Å²) in [6.07, 6.45) is 1.69. The molecular formula is C15H15NO. The van der Waals surface area contributed by atoms with E-state index in [9.17, 15) is 5.11 Å². The quantitative estimate of drug-likeness (QED) is 0.775. The highest BCUT2D eigenvalue weighted by Crippen LogP contribution is 2.20. The van der Waals surface area contributed by atoms with Crippen molar-refractivity contribution in [2.75, 3.05) is 0 Å². The van der Waals surface area contributed by atoms with Gasteiger partial charge in [-0.15, -0.1) is 0 Å². The Bertz CT molecular complexity index is 559. The van der Waals surface area contributed by atoms with Crippen LogP contribution in [0.25, 0.3) is 0 Å². The van der Waals surface area contributed by atoms with E-state index in [0.29, 0.717) is 0 Å². The zero-order chi connectivity index (χ0) is 12.3. The number of aryl methyl sites for hydroxylation is 2. The number of hydrogen-bond donors (Lipinski definition) is 1. The summed E-state index contributed by atoms with van der Waals surface area (Å²) in [5.74, 6) is 0.251. The van der Waals surface area contributed by atoms with Crippen LogP contribution in [0.4, 0.5) is 5.69 Å². The lowest BCUT2D eigenvalue weighted by Crippen LogP contribution is -1.82. The van der Waals surface area contributed by atoms with Crippen molar-refractivity contribution in [2.24, 2.45) is 4.99 Å². The van der Waals surface area contributed by atoms with E-state index in [-0.39, 0.29) is 5.75 Å². The van der Waals surface area contributed by atoms with Crippen molar-refractivity contribution in [3.05, 3.63) is 59.2 Å². The van der Waals surface area contributed by atoms with Crippen LogP contribution in [-0.4, -0.2) is 11.3 Å². The van der Waals surface area contributed by atoms with E-state index in [1.54, 1.807) is 18.3 Å². The lowest BCUT2D eigenvalue weighted by molar-refractivity contribution is 0.474. The van der Waals surface area contributed by atoms with Crippen molar-refractivity contribution >= 4 is 11.9 Å². The molecule has 0 aliphatic carbocycles. The van der Waals surface area contributed by atoms with Crippen LogP contribution in [0.15, 0.2) is 47.5 Å². The van der Waals surface area contributed by atoms with Crippen LogP contribution < -0.4 is 0 Å². The Morgan fingerprint density at radius 2 is 1.82 bits per heavy atom. The van der Waals surface area contributed by atoms with Crippen molar-refractivity contribution in [3.8, 4) is 5.75 Å². The molecule has 86 valence electrons. The first kappa shape index (κ1) is 11.4. The SMILES string of the molecule is Cc1ccc(N=Cc2ccccc2O)c(C)c1. The van der Waals surface area contributed by atoms with Crippen LogP contribution in [0.5, 0.6) is 5.75 Å². The summed E-state index contributed by atoms with van der Waals surface area (Å²) < 4.78 is 0. The number of aromatic hydroxyl groups is 1. The fraction of sp³-hybridized carbons (Fsp3) is 0.133. The Labute approximate surface area is 101 Å². The van der Waals surface area contributed by atoms with Crippen LogP contribution in [0.1, 0.15) is 16.7 Å². The Kier molecular flexibility index (Phi) is 3.24. The maximum atomic E-state index is 9.61. The zero-order valence-corrected chi connectivity index (χ0v) is 10.0. The molecule has 17 heavy (non-hydrogen) atoms. The number of phenolic OH excluding ortho intramolecular Hbond substituents is 1. The van der Waals surface area contributed by atoms with Crippen LogP contribution in [0.3, 0.4) is 0 Å². The van der Waals surface area contributed by atoms with E-state index in [1.807, 2.05) is 31.2 Å². The second-order valence-electron chi connectivity index (χ2n) is 4.11. The molecule has 0 spiro atoms. The van der Waals surface area contributed by atoms with Gasteiger partial charge in [0, 0.05) is 11.8 Å². The fourth-order valence-corrected chi connectivity index (χ4v) is 1.69. The van der Waals surface area contributed by atoms with Gasteiger partial charge >= 0.3 is 0 Å². The molecule has 2 rings (SSSR count). The molecule has 0 aliphatic rings. The molecule has 0 heterocycles. The number of rotatable bonds is 2. The Morgan fingerprint density at radius 1 is 1.06 bits per heavy atom. The average Bonchev–Trinajstić information content (AvgIpc) is 2.30. The van der Waals surface area contributed by atoms with Gasteiger partial charge in [-0.1, -0.05) is 29.8 Å². The molecule has 1 N–H and O–H groups in total. The van der Waals surface area contributed by atoms with Crippen LogP contribution in [-0.2, 0) is 0 Å². The van der Waals surface area contributed by atoms with Crippen LogP contribution in [0, 0.1) is 13.8 Å². The predicted molar refractivity (Wildman–Crippen MR) is 71.3 cm³/mol. The minimum absolute atomic E-state index is 0.251. The Hall–Kier alpha value is -2.09. The van der Waals surface area contributed by atoms with Crippen LogP contribution >= 0.6 is 0 Å². The van der Waals surface area contributed by atoms with Crippen molar-refractivity contribution in [1.82, 2.24) is 0 Å². The number of aliphatic imine (C=N–C) groups is 1. The van der Waals surface area contributed by atoms with E-state index >= 15 is 0 Å². The van der Waals surface area contributed by atoms with Gasteiger partial charge in [-0.05, 0) is 37.6 Å². The Morgan fingerprint density at radius 3 is 2.53 bits per heavy atom. The molecule has 0 saturated carbocycles. The van der Waals surface area contributed by atoms with Gasteiger partial charge in [0.15, 0.2) is 0 Å². The largest absolute Gasteiger partial charge is 0.507 e. The highest BCUT2D eigenvalue weighted by molar-refractivity contribution is 5.85. The van der Waals surface area contributed by atoms with E-state index in [2.05, 4.69) is 18.0 Å². The first-order valence-electron chi connectivity index (χ1n) is 5.56. The molecule has 2 heteroatoms. The summed E-state index contributed by atoms with van der Waals surface area (Å²) in [7, 11) is 0. The maximum Gasteiger partial charge on any atom is 0.124 e. The van der Waals surface area contributed by atoms with Gasteiger partial charge in [0.25, 0.3) is 0 Å². The minimum atomic E-state index is 0.251. The van der Waals surface area contributed by atoms with Crippen molar-refractivity contribution in [2.45, 2.75) is 13.8 Å². The molecule has 0 aliphatic heterocycles. The standard InChI is InChI=1S/C15H15NO/c1-11-7-8-14(12(2)9-11)16-10-13-5-3-4-6-15(13)17/h3-10,17H,1-2H3. The normalized spacial score (nSPS) is 10.9. The zero-order valence-electron chi connectivity index (χ0n) is 10.0. The number of phenols is 1. The topological polar surface area (TPSA) is 32.6 Å². The molecule has 2 aromatic rings. The summed E-state index contributed by atoms with van der Waals surface area (Å²) in [4.78, 5) is 4.39. The molecule has 0 bridgehead atoms. The van der Waals surface area contributed by atoms with Crippen molar-refractivity contribution < 1.29 is 5.11 Å². The Balaban J connectivity index is 2.29. The summed E-state index contributed by atoms with van der Waals surface area (Å²) in [6.45, 7) is 4.09. The summed E-state index contributed by atoms with van der Waals surface area (Å²) in [5, 5.41) is 9.61. The molecule has 0 saturated heterocycles. The number of hydrogen-bond acceptors (Lipinski definition) is 2. The second kappa shape index (κ2) is 4.83. The first-order chi connectivity index (χ1) is 8.16. The van der Waals surface area contributed by atoms with Gasteiger partial charge in [0.2, 0.25) is 0 Å². The van der Waals surface area contributed by atoms with Gasteiger partial charge < -0.3 is 5.11 Å². The highest BCUT2D eigenvalue weighted by Gasteiger charge is 1.97. The van der Waals surface area contributed by atoms with Gasteiger partial charge in [-0.2, -0.15) is 0 Å². The molecular weight excluding hydrogens is 210 g/mol. The third kappa shape index (κ3) is 2.72. The number of para-hydroxylation sites is 1. The second-order valence-corrected chi connectivity index (χ2v) is 4.11. The van der Waals surface area contributed by atoms with Gasteiger partial charge in [0.05, 0.1) is 5.69 Å². The molecule has 0 atom stereocenters. The lowest BCUT2D eigenvalue weighted by atomic mass is 10.1. The number of benzene rings is 2.